The van der Waals surface area contributed by atoms with Crippen LogP contribution in [0.15, 0.2) is 479 Å². The molecule has 0 fully saturated rings. The fourth-order valence-corrected chi connectivity index (χ4v) is 22.8. The van der Waals surface area contributed by atoms with E-state index >= 15 is 0 Å². The van der Waals surface area contributed by atoms with Crippen molar-refractivity contribution in [2.24, 2.45) is 0 Å². The first-order valence-corrected chi connectivity index (χ1v) is 49.2. The number of nitrogens with zero attached hydrogens (tertiary/aromatic N) is 19. The number of pyridine rings is 1. The first-order valence-electron chi connectivity index (χ1n) is 49.2. The van der Waals surface area contributed by atoms with Crippen molar-refractivity contribution in [2.75, 3.05) is 0 Å². The molecule has 0 saturated heterocycles. The van der Waals surface area contributed by atoms with E-state index in [0.29, 0.717) is 59.0 Å². The minimum Gasteiger partial charge on any atom is -0.309 e. The van der Waals surface area contributed by atoms with Gasteiger partial charge in [-0.15, -0.1) is 0 Å². The van der Waals surface area contributed by atoms with Crippen LogP contribution in [0.25, 0.3) is 272 Å². The second-order valence-corrected chi connectivity index (χ2v) is 37.0. The molecule has 0 bridgehead atoms. The Hall–Kier alpha value is -20.4. The second kappa shape index (κ2) is 33.1. The predicted octanol–water partition coefficient (Wildman–Crippen LogP) is 30.2. The molecule has 32 aromatic rings. The van der Waals surface area contributed by atoms with Crippen LogP contribution in [0.1, 0.15) is 0 Å². The molecule has 147 heavy (non-hydrogen) atoms. The zero-order valence-electron chi connectivity index (χ0n) is 78.6. The molecule has 32 rings (SSSR count). The van der Waals surface area contributed by atoms with Gasteiger partial charge in [0.05, 0.1) is 99.3 Å². The fourth-order valence-electron chi connectivity index (χ4n) is 22.8. The van der Waals surface area contributed by atoms with Crippen LogP contribution in [0, 0.1) is 0 Å². The average molecular weight is 1880 g/mol. The second-order valence-electron chi connectivity index (χ2n) is 37.0. The maximum atomic E-state index is 5.30. The van der Waals surface area contributed by atoms with Crippen LogP contribution in [0.5, 0.6) is 0 Å². The number of rotatable bonds is 11. The van der Waals surface area contributed by atoms with E-state index < -0.39 is 0 Å². The van der Waals surface area contributed by atoms with Gasteiger partial charge in [-0.1, -0.05) is 346 Å². The zero-order valence-corrected chi connectivity index (χ0v) is 78.6. The van der Waals surface area contributed by atoms with Crippen LogP contribution in [-0.4, -0.2) is 90.9 Å². The molecular formula is C128H79N19. The van der Waals surface area contributed by atoms with Gasteiger partial charge in [-0.3, -0.25) is 36.5 Å². The summed E-state index contributed by atoms with van der Waals surface area (Å²) >= 11 is 0. The summed E-state index contributed by atoms with van der Waals surface area (Å²) in [7, 11) is 0. The van der Waals surface area contributed by atoms with Crippen LogP contribution >= 0.6 is 0 Å². The van der Waals surface area contributed by atoms with E-state index in [9.17, 15) is 0 Å². The van der Waals surface area contributed by atoms with E-state index in [0.717, 1.165) is 192 Å². The van der Waals surface area contributed by atoms with Gasteiger partial charge in [-0.25, -0.2) is 4.98 Å². The molecule has 0 saturated carbocycles. The Balaban J connectivity index is 0.000000102. The van der Waals surface area contributed by atoms with Crippen molar-refractivity contribution in [1.82, 2.24) is 90.9 Å². The van der Waals surface area contributed by atoms with E-state index in [1.165, 1.54) is 21.5 Å². The Morgan fingerprint density at radius 3 is 0.483 bits per heavy atom. The van der Waals surface area contributed by atoms with Crippen molar-refractivity contribution in [3.8, 4) is 76.0 Å². The number of hydrogen-bond donors (Lipinski definition) is 0. The molecule has 0 N–H and O–H groups in total. The van der Waals surface area contributed by atoms with Crippen LogP contribution in [0.4, 0.5) is 0 Å². The Morgan fingerprint density at radius 2 is 0.279 bits per heavy atom. The largest absolute Gasteiger partial charge is 0.309 e. The summed E-state index contributed by atoms with van der Waals surface area (Å²) in [5, 5.41) is 20.9. The highest BCUT2D eigenvalue weighted by molar-refractivity contribution is 6.17. The topological polar surface area (TPSA) is 173 Å². The lowest BCUT2D eigenvalue weighted by molar-refractivity contribution is 0.848. The fraction of sp³-hybridized carbons (Fsp3) is 0. The molecule has 0 aliphatic heterocycles. The summed E-state index contributed by atoms with van der Waals surface area (Å²) in [5.41, 5.74) is 21.7. The number of fused-ring (bicyclic) bond motifs is 27. The van der Waals surface area contributed by atoms with Crippen molar-refractivity contribution in [3.05, 3.63) is 479 Å². The lowest BCUT2D eigenvalue weighted by Crippen LogP contribution is -2.13. The number of para-hydroxylation sites is 18. The molecule has 19 heteroatoms. The molecule has 686 valence electrons. The van der Waals surface area contributed by atoms with Gasteiger partial charge in [0, 0.05) is 108 Å². The molecule has 0 aliphatic rings. The Bertz CT molecular complexity index is 9580. The van der Waals surface area contributed by atoms with Crippen LogP contribution < -0.4 is 0 Å². The number of benzene rings is 19. The molecule has 13 heterocycles. The molecule has 19 nitrogen and oxygen atoms in total. The molecule has 0 atom stereocenters. The lowest BCUT2D eigenvalue weighted by atomic mass is 10.2. The lowest BCUT2D eigenvalue weighted by Gasteiger charge is -2.14. The standard InChI is InChI=1S/C45H28N6.C44H27N7.C39H24N6/c1-7-22-37-31(16-1)32-17-2-8-23-38(32)49(37)30-15-13-14-29(28-30)43-46-44(50-39-24-9-3-18-33(39)34-19-4-10-25-40(34)50)48-45(47-43)51-41-26-11-5-20-35(41)36-21-6-12-27-42(36)51;1-7-21-35-28(14-1)29-15-2-8-22-36(29)49(35)41-27-13-20-34(45-41)42-46-43(50-37-23-9-3-16-30(37)31-17-4-10-24-38(31)50)48-44(47-42)51-39-25-11-5-18-32(39)33-19-6-12-26-40(33)51;1-7-19-31-25(13-1)26-14-2-8-20-32(26)43(31)37-40-38(44-33-21-9-3-15-27(33)28-16-4-10-22-34(28)44)42-39(41-37)45-35-23-11-5-17-29(35)30-18-6-12-24-36(30)45/h1-28H;1-27H;1-24H. The third-order valence-corrected chi connectivity index (χ3v) is 29.0. The summed E-state index contributed by atoms with van der Waals surface area (Å²) in [4.78, 5) is 52.7. The SMILES string of the molecule is c1cc(-c2nc(-n3c4ccccc4c4ccccc43)nc(-n3c4ccccc4c4ccccc43)n2)cc(-n2c3ccccc3c3ccccc32)c1.c1cc(-c2nc(-n3c4ccccc4c4ccccc43)nc(-n3c4ccccc4c4ccccc43)n2)nc(-n2c3ccccc3c3ccccc32)c1.c1ccc2c(c1)c1ccccc1n2-c1nc(-n2c3ccccc3c3ccccc32)nc(-n2c3ccccc3c3ccccc32)n1. The van der Waals surface area contributed by atoms with Crippen molar-refractivity contribution >= 4 is 196 Å². The van der Waals surface area contributed by atoms with E-state index in [1.807, 2.05) is 18.2 Å². The molecule has 13 aromatic heterocycles. The van der Waals surface area contributed by atoms with E-state index in [1.54, 1.807) is 0 Å². The summed E-state index contributed by atoms with van der Waals surface area (Å²) in [6.07, 6.45) is 0. The Morgan fingerprint density at radius 1 is 0.116 bits per heavy atom. The first-order chi connectivity index (χ1) is 73.0. The quantitative estimate of drug-likeness (QED) is 0.121. The predicted molar refractivity (Wildman–Crippen MR) is 597 cm³/mol. The van der Waals surface area contributed by atoms with Crippen LogP contribution in [0.2, 0.25) is 0 Å². The molecule has 0 radical (unpaired) electrons. The third kappa shape index (κ3) is 12.9. The molecule has 0 amide bonds. The normalized spacial score (nSPS) is 11.9. The zero-order chi connectivity index (χ0) is 96.4. The van der Waals surface area contributed by atoms with Gasteiger partial charge in [-0.05, 0) is 133 Å². The highest BCUT2D eigenvalue weighted by Gasteiger charge is 2.29. The minimum absolute atomic E-state index is 0.487. The molecule has 0 aliphatic carbocycles. The van der Waals surface area contributed by atoms with Crippen molar-refractivity contribution < 1.29 is 0 Å². The highest BCUT2D eigenvalue weighted by Crippen LogP contribution is 2.44. The highest BCUT2D eigenvalue weighted by atomic mass is 15.3. The minimum atomic E-state index is 0.487. The molecular weight excluding hydrogens is 1800 g/mol. The van der Waals surface area contributed by atoms with Gasteiger partial charge in [0.15, 0.2) is 11.6 Å². The van der Waals surface area contributed by atoms with E-state index in [-0.39, 0.29) is 0 Å². The maximum Gasteiger partial charge on any atom is 0.241 e. The van der Waals surface area contributed by atoms with Crippen LogP contribution in [-0.2, 0) is 0 Å². The number of aromatic nitrogens is 19. The van der Waals surface area contributed by atoms with Gasteiger partial charge in [0.25, 0.3) is 0 Å². The first kappa shape index (κ1) is 82.5. The summed E-state index contributed by atoms with van der Waals surface area (Å²) in [5.74, 6) is 5.76. The van der Waals surface area contributed by atoms with Gasteiger partial charge < -0.3 is 4.57 Å². The van der Waals surface area contributed by atoms with Gasteiger partial charge >= 0.3 is 0 Å². The Kier molecular flexibility index (Phi) is 18.6. The monoisotopic (exact) mass is 1880 g/mol. The Labute approximate surface area is 836 Å². The third-order valence-electron chi connectivity index (χ3n) is 29.0. The summed E-state index contributed by atoms with van der Waals surface area (Å²) in [6.45, 7) is 0. The molecule has 0 unspecified atom stereocenters. The van der Waals surface area contributed by atoms with Gasteiger partial charge in [-0.2, -0.15) is 44.9 Å². The average Bonchev–Trinajstić information content (AvgIpc) is 1.57. The van der Waals surface area contributed by atoms with Crippen molar-refractivity contribution in [3.63, 3.8) is 0 Å². The smallest absolute Gasteiger partial charge is 0.241 e. The molecule has 19 aromatic carbocycles. The maximum absolute atomic E-state index is 5.30. The van der Waals surface area contributed by atoms with Gasteiger partial charge in [0.1, 0.15) is 11.5 Å². The number of hydrogen-bond acceptors (Lipinski definition) is 10. The van der Waals surface area contributed by atoms with E-state index in [4.69, 9.17) is 49.8 Å². The van der Waals surface area contributed by atoms with Crippen molar-refractivity contribution in [1.29, 1.82) is 0 Å². The summed E-state index contributed by atoms with van der Waals surface area (Å²) < 4.78 is 19.7. The van der Waals surface area contributed by atoms with Gasteiger partial charge in [0.2, 0.25) is 41.6 Å². The van der Waals surface area contributed by atoms with E-state index in [2.05, 4.69) is 502 Å². The van der Waals surface area contributed by atoms with Crippen LogP contribution in [0.3, 0.4) is 0 Å². The summed E-state index contributed by atoms with van der Waals surface area (Å²) in [6, 6.07) is 167. The molecule has 0 spiro atoms. The van der Waals surface area contributed by atoms with Crippen molar-refractivity contribution in [2.45, 2.75) is 0 Å².